The Morgan fingerprint density at radius 2 is 1.79 bits per heavy atom. The summed E-state index contributed by atoms with van der Waals surface area (Å²) < 4.78 is 29.0. The summed E-state index contributed by atoms with van der Waals surface area (Å²) in [6.45, 7) is 0. The van der Waals surface area contributed by atoms with Gasteiger partial charge in [0.15, 0.2) is 0 Å². The Morgan fingerprint density at radius 1 is 1.12 bits per heavy atom. The van der Waals surface area contributed by atoms with Crippen molar-refractivity contribution in [1.82, 2.24) is 10.1 Å². The number of sulfonamides is 1. The van der Waals surface area contributed by atoms with Crippen LogP contribution in [0.3, 0.4) is 0 Å². The second-order valence-corrected chi connectivity index (χ2v) is 10.4. The lowest BCUT2D eigenvalue weighted by Gasteiger charge is -2.17. The highest BCUT2D eigenvalue weighted by molar-refractivity contribution is 14.1. The first-order valence-corrected chi connectivity index (χ1v) is 12.7. The van der Waals surface area contributed by atoms with E-state index in [0.717, 1.165) is 9.13 Å². The third-order valence-corrected chi connectivity index (χ3v) is 7.10. The smallest absolute Gasteiger partial charge is 0.271 e. The molecule has 9 nitrogen and oxygen atoms in total. The standard InChI is InChI=1S/C22H18ClIN4O5S/c23-19-11-6-16(13-21(19)28(30)31)14-25-26-22(29)20(12-15-4-2-1-3-5-15)27-34(32,33)18-9-7-17(24)8-10-18/h1-11,13-14,20,27H,12H2,(H,26,29)/b25-14-/t20-/m0/s1. The molecular weight excluding hydrogens is 595 g/mol. The zero-order valence-electron chi connectivity index (χ0n) is 17.4. The summed E-state index contributed by atoms with van der Waals surface area (Å²) in [6.07, 6.45) is 1.28. The minimum absolute atomic E-state index is 0.0238. The highest BCUT2D eigenvalue weighted by Crippen LogP contribution is 2.24. The van der Waals surface area contributed by atoms with E-state index in [-0.39, 0.29) is 22.0 Å². The topological polar surface area (TPSA) is 131 Å². The molecule has 12 heteroatoms. The number of nitrogens with one attached hydrogen (secondary N) is 2. The maximum Gasteiger partial charge on any atom is 0.288 e. The van der Waals surface area contributed by atoms with E-state index in [1.165, 1.54) is 36.5 Å². The van der Waals surface area contributed by atoms with Crippen LogP contribution in [-0.2, 0) is 21.2 Å². The Labute approximate surface area is 214 Å². The van der Waals surface area contributed by atoms with Crippen LogP contribution in [-0.4, -0.2) is 31.5 Å². The number of hydrogen-bond donors (Lipinski definition) is 2. The van der Waals surface area contributed by atoms with Crippen LogP contribution in [0.5, 0.6) is 0 Å². The lowest BCUT2D eigenvalue weighted by atomic mass is 10.1. The number of benzene rings is 3. The van der Waals surface area contributed by atoms with Gasteiger partial charge in [-0.05, 0) is 64.9 Å². The summed E-state index contributed by atoms with van der Waals surface area (Å²) in [5.74, 6) is -0.697. The number of hydrogen-bond acceptors (Lipinski definition) is 6. The van der Waals surface area contributed by atoms with Crippen molar-refractivity contribution in [3.05, 3.63) is 103 Å². The molecule has 0 aliphatic rings. The number of hydrazone groups is 1. The predicted octanol–water partition coefficient (Wildman–Crippen LogP) is 3.89. The zero-order chi connectivity index (χ0) is 24.7. The number of nitrogens with zero attached hydrogens (tertiary/aromatic N) is 2. The van der Waals surface area contributed by atoms with E-state index in [4.69, 9.17) is 11.6 Å². The first kappa shape index (κ1) is 25.7. The third kappa shape index (κ3) is 7.06. The van der Waals surface area contributed by atoms with E-state index >= 15 is 0 Å². The number of halogens is 2. The number of nitro benzene ring substituents is 1. The average molecular weight is 613 g/mol. The van der Waals surface area contributed by atoms with Crippen LogP contribution in [0.4, 0.5) is 5.69 Å². The fourth-order valence-electron chi connectivity index (χ4n) is 2.91. The van der Waals surface area contributed by atoms with Crippen molar-refractivity contribution < 1.29 is 18.1 Å². The zero-order valence-corrected chi connectivity index (χ0v) is 21.1. The van der Waals surface area contributed by atoms with Gasteiger partial charge in [-0.1, -0.05) is 48.0 Å². The van der Waals surface area contributed by atoms with Gasteiger partial charge in [0.2, 0.25) is 10.0 Å². The van der Waals surface area contributed by atoms with E-state index in [1.54, 1.807) is 36.4 Å². The van der Waals surface area contributed by atoms with Gasteiger partial charge in [0.05, 0.1) is 16.0 Å². The van der Waals surface area contributed by atoms with Crippen molar-refractivity contribution in [2.24, 2.45) is 5.10 Å². The van der Waals surface area contributed by atoms with Crippen LogP contribution >= 0.6 is 34.2 Å². The molecule has 3 aromatic rings. The van der Waals surface area contributed by atoms with Gasteiger partial charge in [-0.3, -0.25) is 14.9 Å². The van der Waals surface area contributed by atoms with Gasteiger partial charge in [0.1, 0.15) is 11.1 Å². The number of carbonyl (C=O) groups is 1. The molecule has 3 rings (SSSR count). The van der Waals surface area contributed by atoms with Gasteiger partial charge >= 0.3 is 0 Å². The summed E-state index contributed by atoms with van der Waals surface area (Å²) in [5.41, 5.74) is 3.07. The van der Waals surface area contributed by atoms with Gasteiger partial charge in [0, 0.05) is 15.2 Å². The molecular formula is C22H18ClIN4O5S. The monoisotopic (exact) mass is 612 g/mol. The minimum Gasteiger partial charge on any atom is -0.271 e. The number of carbonyl (C=O) groups excluding carboxylic acids is 1. The SMILES string of the molecule is O=C(N/N=C\c1ccc(Cl)c([N+](=O)[O-])c1)[C@H](Cc1ccccc1)NS(=O)(=O)c1ccc(I)cc1. The largest absolute Gasteiger partial charge is 0.288 e. The van der Waals surface area contributed by atoms with Crippen molar-refractivity contribution in [2.45, 2.75) is 17.4 Å². The average Bonchev–Trinajstić information content (AvgIpc) is 2.80. The Bertz CT molecular complexity index is 1320. The van der Waals surface area contributed by atoms with E-state index in [2.05, 4.69) is 37.8 Å². The molecule has 2 N–H and O–H groups in total. The van der Waals surface area contributed by atoms with Crippen LogP contribution in [0.25, 0.3) is 0 Å². The molecule has 0 aromatic heterocycles. The second kappa shape index (κ2) is 11.5. The Morgan fingerprint density at radius 3 is 2.44 bits per heavy atom. The van der Waals surface area contributed by atoms with Crippen molar-refractivity contribution in [2.75, 3.05) is 0 Å². The fourth-order valence-corrected chi connectivity index (χ4v) is 4.65. The summed E-state index contributed by atoms with van der Waals surface area (Å²) >= 11 is 7.86. The molecule has 0 saturated carbocycles. The first-order valence-electron chi connectivity index (χ1n) is 9.74. The Balaban J connectivity index is 1.79. The van der Waals surface area contributed by atoms with Gasteiger partial charge in [-0.2, -0.15) is 9.82 Å². The molecule has 1 atom stereocenters. The molecule has 34 heavy (non-hydrogen) atoms. The normalized spacial score (nSPS) is 12.4. The van der Waals surface area contributed by atoms with Crippen molar-refractivity contribution in [3.8, 4) is 0 Å². The molecule has 0 unspecified atom stereocenters. The first-order chi connectivity index (χ1) is 16.2. The Kier molecular flexibility index (Phi) is 8.72. The molecule has 0 radical (unpaired) electrons. The molecule has 0 spiro atoms. The van der Waals surface area contributed by atoms with Crippen molar-refractivity contribution in [3.63, 3.8) is 0 Å². The molecule has 0 saturated heterocycles. The molecule has 1 amide bonds. The minimum atomic E-state index is -3.99. The summed E-state index contributed by atoms with van der Waals surface area (Å²) in [5, 5.41) is 14.8. The van der Waals surface area contributed by atoms with E-state index < -0.39 is 26.9 Å². The van der Waals surface area contributed by atoms with Crippen LogP contribution in [0, 0.1) is 13.7 Å². The van der Waals surface area contributed by atoms with Gasteiger partial charge in [0.25, 0.3) is 11.6 Å². The molecule has 0 bridgehead atoms. The van der Waals surface area contributed by atoms with Crippen LogP contribution < -0.4 is 10.1 Å². The number of amides is 1. The van der Waals surface area contributed by atoms with Gasteiger partial charge in [-0.15, -0.1) is 0 Å². The molecule has 0 heterocycles. The summed E-state index contributed by atoms with van der Waals surface area (Å²) in [6, 6.07) is 18.0. The predicted molar refractivity (Wildman–Crippen MR) is 137 cm³/mol. The number of rotatable bonds is 9. The van der Waals surface area contributed by atoms with E-state index in [9.17, 15) is 23.3 Å². The molecule has 0 aliphatic heterocycles. The quantitative estimate of drug-likeness (QED) is 0.164. The summed E-state index contributed by atoms with van der Waals surface area (Å²) in [4.78, 5) is 23.3. The molecule has 0 aliphatic carbocycles. The van der Waals surface area contributed by atoms with Crippen molar-refractivity contribution in [1.29, 1.82) is 0 Å². The van der Waals surface area contributed by atoms with Gasteiger partial charge < -0.3 is 0 Å². The lowest BCUT2D eigenvalue weighted by Crippen LogP contribution is -2.46. The second-order valence-electron chi connectivity index (χ2n) is 7.02. The van der Waals surface area contributed by atoms with Crippen LogP contribution in [0.2, 0.25) is 5.02 Å². The molecule has 0 fully saturated rings. The van der Waals surface area contributed by atoms with E-state index in [0.29, 0.717) is 5.56 Å². The van der Waals surface area contributed by atoms with Gasteiger partial charge in [-0.25, -0.2) is 13.8 Å². The maximum atomic E-state index is 12.9. The van der Waals surface area contributed by atoms with Crippen LogP contribution in [0.1, 0.15) is 11.1 Å². The highest BCUT2D eigenvalue weighted by Gasteiger charge is 2.26. The highest BCUT2D eigenvalue weighted by atomic mass is 127. The van der Waals surface area contributed by atoms with Crippen LogP contribution in [0.15, 0.2) is 82.8 Å². The third-order valence-electron chi connectivity index (χ3n) is 4.58. The number of nitro groups is 1. The maximum absolute atomic E-state index is 12.9. The fraction of sp³-hybridized carbons (Fsp3) is 0.0909. The molecule has 3 aromatic carbocycles. The van der Waals surface area contributed by atoms with Crippen molar-refractivity contribution >= 4 is 62.0 Å². The lowest BCUT2D eigenvalue weighted by molar-refractivity contribution is -0.384. The molecule has 176 valence electrons. The Hall–Kier alpha value is -2.87. The summed E-state index contributed by atoms with van der Waals surface area (Å²) in [7, 11) is -3.99. The van der Waals surface area contributed by atoms with E-state index in [1.807, 2.05) is 6.07 Å².